The van der Waals surface area contributed by atoms with Gasteiger partial charge in [-0.25, -0.2) is 0 Å². The lowest BCUT2D eigenvalue weighted by Crippen LogP contribution is -2.55. The van der Waals surface area contributed by atoms with E-state index in [2.05, 4.69) is 11.8 Å². The molecule has 0 radical (unpaired) electrons. The van der Waals surface area contributed by atoms with Gasteiger partial charge in [0.2, 0.25) is 0 Å². The summed E-state index contributed by atoms with van der Waals surface area (Å²) in [6.45, 7) is 2.94. The van der Waals surface area contributed by atoms with E-state index in [0.717, 1.165) is 51.5 Å². The highest BCUT2D eigenvalue weighted by atomic mass is 16.4. The Balaban J connectivity index is 2.10. The van der Waals surface area contributed by atoms with Gasteiger partial charge in [-0.3, -0.25) is 9.69 Å². The molecule has 18 heavy (non-hydrogen) atoms. The van der Waals surface area contributed by atoms with Crippen molar-refractivity contribution in [1.29, 1.82) is 0 Å². The van der Waals surface area contributed by atoms with Gasteiger partial charge in [-0.1, -0.05) is 26.2 Å². The molecule has 1 heterocycles. The maximum atomic E-state index is 11.4. The third-order valence-corrected chi connectivity index (χ3v) is 4.56. The first-order chi connectivity index (χ1) is 8.59. The highest BCUT2D eigenvalue weighted by Gasteiger charge is 2.38. The predicted octanol–water partition coefficient (Wildman–Crippen LogP) is 1.87. The number of rotatable bonds is 2. The van der Waals surface area contributed by atoms with Gasteiger partial charge in [0.25, 0.3) is 0 Å². The topological polar surface area (TPSA) is 60.8 Å². The molecule has 4 heteroatoms. The molecule has 4 unspecified atom stereocenters. The molecule has 0 spiro atoms. The summed E-state index contributed by atoms with van der Waals surface area (Å²) in [5, 5.41) is 19.6. The second kappa shape index (κ2) is 6.02. The van der Waals surface area contributed by atoms with Crippen molar-refractivity contribution < 1.29 is 15.0 Å². The SMILES string of the molecule is CC1CCN(C2CCCCCC2O)C(C(=O)O)C1. The second-order valence-corrected chi connectivity index (χ2v) is 5.99. The lowest BCUT2D eigenvalue weighted by molar-refractivity contribution is -0.148. The minimum Gasteiger partial charge on any atom is -0.480 e. The van der Waals surface area contributed by atoms with Crippen molar-refractivity contribution in [3.8, 4) is 0 Å². The summed E-state index contributed by atoms with van der Waals surface area (Å²) in [6, 6.07) is -0.340. The molecule has 0 aromatic carbocycles. The van der Waals surface area contributed by atoms with Crippen LogP contribution in [0.2, 0.25) is 0 Å². The van der Waals surface area contributed by atoms with Crippen LogP contribution in [0.25, 0.3) is 0 Å². The summed E-state index contributed by atoms with van der Waals surface area (Å²) >= 11 is 0. The van der Waals surface area contributed by atoms with Gasteiger partial charge in [-0.05, 0) is 38.1 Å². The van der Waals surface area contributed by atoms with Gasteiger partial charge in [0.05, 0.1) is 6.10 Å². The number of piperidine rings is 1. The fourth-order valence-corrected chi connectivity index (χ4v) is 3.45. The first-order valence-corrected chi connectivity index (χ1v) is 7.26. The highest BCUT2D eigenvalue weighted by molar-refractivity contribution is 5.73. The summed E-state index contributed by atoms with van der Waals surface area (Å²) in [4.78, 5) is 13.5. The van der Waals surface area contributed by atoms with Gasteiger partial charge >= 0.3 is 5.97 Å². The van der Waals surface area contributed by atoms with Crippen LogP contribution in [0.4, 0.5) is 0 Å². The molecule has 4 nitrogen and oxygen atoms in total. The van der Waals surface area contributed by atoms with Gasteiger partial charge in [-0.2, -0.15) is 0 Å². The van der Waals surface area contributed by atoms with Crippen molar-refractivity contribution in [3.05, 3.63) is 0 Å². The first-order valence-electron chi connectivity index (χ1n) is 7.26. The fraction of sp³-hybridized carbons (Fsp3) is 0.929. The minimum absolute atomic E-state index is 0.0566. The van der Waals surface area contributed by atoms with Gasteiger partial charge in [0.15, 0.2) is 0 Å². The molecule has 1 saturated heterocycles. The molecule has 0 bridgehead atoms. The largest absolute Gasteiger partial charge is 0.480 e. The third-order valence-electron chi connectivity index (χ3n) is 4.56. The number of nitrogens with zero attached hydrogens (tertiary/aromatic N) is 1. The number of aliphatic hydroxyl groups is 1. The smallest absolute Gasteiger partial charge is 0.320 e. The summed E-state index contributed by atoms with van der Waals surface area (Å²) in [7, 11) is 0. The zero-order valence-corrected chi connectivity index (χ0v) is 11.2. The molecule has 2 rings (SSSR count). The van der Waals surface area contributed by atoms with Crippen LogP contribution in [0.15, 0.2) is 0 Å². The normalized spacial score (nSPS) is 39.2. The zero-order chi connectivity index (χ0) is 13.1. The van der Waals surface area contributed by atoms with Gasteiger partial charge in [0, 0.05) is 6.04 Å². The molecule has 2 N–H and O–H groups in total. The van der Waals surface area contributed by atoms with Crippen molar-refractivity contribution in [2.24, 2.45) is 5.92 Å². The Labute approximate surface area is 109 Å². The Hall–Kier alpha value is -0.610. The third kappa shape index (κ3) is 3.04. The number of aliphatic hydroxyl groups excluding tert-OH is 1. The van der Waals surface area contributed by atoms with Crippen molar-refractivity contribution in [2.45, 2.75) is 70.1 Å². The van der Waals surface area contributed by atoms with Gasteiger partial charge < -0.3 is 10.2 Å². The van der Waals surface area contributed by atoms with Gasteiger partial charge in [0.1, 0.15) is 6.04 Å². The number of carbonyl (C=O) groups is 1. The molecule has 2 fully saturated rings. The summed E-state index contributed by atoms with van der Waals surface area (Å²) in [6.07, 6.45) is 6.53. The number of aliphatic carboxylic acids is 1. The molecule has 1 aliphatic heterocycles. The number of carboxylic acid groups (broad SMARTS) is 1. The lowest BCUT2D eigenvalue weighted by atomic mass is 9.89. The monoisotopic (exact) mass is 255 g/mol. The standard InChI is InChI=1S/C14H25NO3/c1-10-7-8-15(12(9-10)14(17)18)11-5-3-2-4-6-13(11)16/h10-13,16H,2-9H2,1H3,(H,17,18). The lowest BCUT2D eigenvalue weighted by Gasteiger charge is -2.42. The molecule has 2 aliphatic rings. The van der Waals surface area contributed by atoms with Crippen LogP contribution < -0.4 is 0 Å². The maximum absolute atomic E-state index is 11.4. The molecule has 1 aliphatic carbocycles. The molecule has 104 valence electrons. The van der Waals surface area contributed by atoms with Crippen LogP contribution in [0.3, 0.4) is 0 Å². The molecular weight excluding hydrogens is 230 g/mol. The molecule has 0 aromatic rings. The Morgan fingerprint density at radius 3 is 2.61 bits per heavy atom. The maximum Gasteiger partial charge on any atom is 0.320 e. The van der Waals surface area contributed by atoms with E-state index < -0.39 is 12.0 Å². The summed E-state index contributed by atoms with van der Waals surface area (Å²) < 4.78 is 0. The number of likely N-dealkylation sites (tertiary alicyclic amines) is 1. The Bertz CT molecular complexity index is 295. The van der Waals surface area contributed by atoms with Crippen LogP contribution in [0.5, 0.6) is 0 Å². The number of hydrogen-bond donors (Lipinski definition) is 2. The van der Waals surface area contributed by atoms with E-state index in [0.29, 0.717) is 5.92 Å². The average molecular weight is 255 g/mol. The van der Waals surface area contributed by atoms with E-state index in [4.69, 9.17) is 0 Å². The van der Waals surface area contributed by atoms with Crippen LogP contribution in [-0.2, 0) is 4.79 Å². The number of carboxylic acids is 1. The fourth-order valence-electron chi connectivity index (χ4n) is 3.45. The van der Waals surface area contributed by atoms with Crippen LogP contribution >= 0.6 is 0 Å². The molecular formula is C14H25NO3. The molecule has 4 atom stereocenters. The van der Waals surface area contributed by atoms with Gasteiger partial charge in [-0.15, -0.1) is 0 Å². The van der Waals surface area contributed by atoms with E-state index >= 15 is 0 Å². The van der Waals surface area contributed by atoms with Crippen molar-refractivity contribution in [2.75, 3.05) is 6.54 Å². The number of hydrogen-bond acceptors (Lipinski definition) is 3. The minimum atomic E-state index is -0.724. The predicted molar refractivity (Wildman–Crippen MR) is 69.4 cm³/mol. The van der Waals surface area contributed by atoms with Crippen molar-refractivity contribution in [3.63, 3.8) is 0 Å². The van der Waals surface area contributed by atoms with Crippen LogP contribution in [0, 0.1) is 5.92 Å². The van der Waals surface area contributed by atoms with Crippen LogP contribution in [-0.4, -0.2) is 45.8 Å². The zero-order valence-electron chi connectivity index (χ0n) is 11.2. The van der Waals surface area contributed by atoms with Crippen molar-refractivity contribution >= 4 is 5.97 Å². The molecule has 0 amide bonds. The highest BCUT2D eigenvalue weighted by Crippen LogP contribution is 2.30. The Morgan fingerprint density at radius 1 is 1.17 bits per heavy atom. The van der Waals surface area contributed by atoms with E-state index in [-0.39, 0.29) is 12.1 Å². The summed E-state index contributed by atoms with van der Waals surface area (Å²) in [5.74, 6) is -0.247. The molecule has 0 aromatic heterocycles. The Morgan fingerprint density at radius 2 is 1.89 bits per heavy atom. The van der Waals surface area contributed by atoms with E-state index in [1.807, 2.05) is 0 Å². The van der Waals surface area contributed by atoms with E-state index in [1.165, 1.54) is 0 Å². The van der Waals surface area contributed by atoms with E-state index in [1.54, 1.807) is 0 Å². The van der Waals surface area contributed by atoms with Crippen molar-refractivity contribution in [1.82, 2.24) is 4.90 Å². The average Bonchev–Trinajstić information content (AvgIpc) is 2.54. The second-order valence-electron chi connectivity index (χ2n) is 5.99. The van der Waals surface area contributed by atoms with Crippen LogP contribution in [0.1, 0.15) is 51.9 Å². The summed E-state index contributed by atoms with van der Waals surface area (Å²) in [5.41, 5.74) is 0. The first kappa shape index (κ1) is 13.8. The van der Waals surface area contributed by atoms with E-state index in [9.17, 15) is 15.0 Å². The quantitative estimate of drug-likeness (QED) is 0.739. The molecule has 1 saturated carbocycles. The Kier molecular flexibility index (Phi) is 4.62.